The molecule has 1 unspecified atom stereocenters. The normalized spacial score (nSPS) is 13.9. The van der Waals surface area contributed by atoms with Crippen LogP contribution in [0.5, 0.6) is 0 Å². The molecule has 90 valence electrons. The topological polar surface area (TPSA) is 29.1 Å². The summed E-state index contributed by atoms with van der Waals surface area (Å²) >= 11 is 0. The summed E-state index contributed by atoms with van der Waals surface area (Å²) in [7, 11) is 0. The molecule has 15 heavy (non-hydrogen) atoms. The van der Waals surface area contributed by atoms with Crippen LogP contribution in [-0.4, -0.2) is 17.9 Å². The standard InChI is InChI=1S/C13H27NO/c1-9(2)12(14-11(5)6)7-8-13(15)10(3)4/h9-12,14H,7-8H2,1-6H3. The highest BCUT2D eigenvalue weighted by molar-refractivity contribution is 5.80. The number of hydrogen-bond donors (Lipinski definition) is 1. The van der Waals surface area contributed by atoms with Crippen molar-refractivity contribution < 1.29 is 4.79 Å². The van der Waals surface area contributed by atoms with Crippen LogP contribution < -0.4 is 5.32 Å². The third-order valence-corrected chi connectivity index (χ3v) is 2.70. The molecule has 0 aromatic rings. The smallest absolute Gasteiger partial charge is 0.135 e. The summed E-state index contributed by atoms with van der Waals surface area (Å²) in [6.45, 7) is 12.7. The highest BCUT2D eigenvalue weighted by Gasteiger charge is 2.16. The van der Waals surface area contributed by atoms with Crippen molar-refractivity contribution in [3.8, 4) is 0 Å². The van der Waals surface area contributed by atoms with E-state index < -0.39 is 0 Å². The summed E-state index contributed by atoms with van der Waals surface area (Å²) in [5, 5.41) is 3.52. The van der Waals surface area contributed by atoms with Crippen LogP contribution in [0.3, 0.4) is 0 Å². The van der Waals surface area contributed by atoms with Gasteiger partial charge in [0, 0.05) is 24.4 Å². The summed E-state index contributed by atoms with van der Waals surface area (Å²) in [6, 6.07) is 0.958. The van der Waals surface area contributed by atoms with Crippen molar-refractivity contribution in [2.24, 2.45) is 11.8 Å². The van der Waals surface area contributed by atoms with Crippen LogP contribution in [-0.2, 0) is 4.79 Å². The number of nitrogens with one attached hydrogen (secondary N) is 1. The second kappa shape index (κ2) is 7.00. The predicted molar refractivity (Wildman–Crippen MR) is 66.0 cm³/mol. The summed E-state index contributed by atoms with van der Waals surface area (Å²) in [4.78, 5) is 11.5. The number of carbonyl (C=O) groups excluding carboxylic acids is 1. The first-order valence-corrected chi connectivity index (χ1v) is 6.13. The number of rotatable bonds is 7. The van der Waals surface area contributed by atoms with Gasteiger partial charge in [-0.15, -0.1) is 0 Å². The molecule has 0 fully saturated rings. The van der Waals surface area contributed by atoms with Crippen LogP contribution >= 0.6 is 0 Å². The first-order valence-electron chi connectivity index (χ1n) is 6.13. The Bertz CT molecular complexity index is 185. The molecule has 2 heteroatoms. The van der Waals surface area contributed by atoms with Crippen LogP contribution in [0.15, 0.2) is 0 Å². The van der Waals surface area contributed by atoms with Gasteiger partial charge in [0.05, 0.1) is 0 Å². The molecular formula is C13H27NO. The molecule has 1 atom stereocenters. The van der Waals surface area contributed by atoms with E-state index in [1.165, 1.54) is 0 Å². The fourth-order valence-electron chi connectivity index (χ4n) is 1.62. The second-order valence-electron chi connectivity index (χ2n) is 5.33. The third kappa shape index (κ3) is 6.67. The monoisotopic (exact) mass is 213 g/mol. The Morgan fingerprint density at radius 2 is 1.60 bits per heavy atom. The van der Waals surface area contributed by atoms with Crippen molar-refractivity contribution in [3.63, 3.8) is 0 Å². The van der Waals surface area contributed by atoms with E-state index in [0.717, 1.165) is 6.42 Å². The van der Waals surface area contributed by atoms with Gasteiger partial charge in [-0.25, -0.2) is 0 Å². The molecule has 0 heterocycles. The van der Waals surface area contributed by atoms with Crippen molar-refractivity contribution in [1.82, 2.24) is 5.32 Å². The zero-order chi connectivity index (χ0) is 12.0. The minimum absolute atomic E-state index is 0.178. The molecule has 0 spiro atoms. The second-order valence-corrected chi connectivity index (χ2v) is 5.33. The third-order valence-electron chi connectivity index (χ3n) is 2.70. The van der Waals surface area contributed by atoms with Gasteiger partial charge in [0.1, 0.15) is 5.78 Å². The summed E-state index contributed by atoms with van der Waals surface area (Å²) in [6.07, 6.45) is 1.67. The first kappa shape index (κ1) is 14.6. The molecule has 0 rings (SSSR count). The van der Waals surface area contributed by atoms with Gasteiger partial charge < -0.3 is 5.32 Å². The van der Waals surface area contributed by atoms with Crippen molar-refractivity contribution >= 4 is 5.78 Å². The Balaban J connectivity index is 4.02. The molecule has 0 saturated carbocycles. The highest BCUT2D eigenvalue weighted by Crippen LogP contribution is 2.12. The fraction of sp³-hybridized carbons (Fsp3) is 0.923. The lowest BCUT2D eigenvalue weighted by atomic mass is 9.94. The van der Waals surface area contributed by atoms with E-state index in [1.807, 2.05) is 13.8 Å². The first-order chi connectivity index (χ1) is 6.84. The molecular weight excluding hydrogens is 186 g/mol. The Hall–Kier alpha value is -0.370. The fourth-order valence-corrected chi connectivity index (χ4v) is 1.62. The van der Waals surface area contributed by atoms with E-state index in [1.54, 1.807) is 0 Å². The van der Waals surface area contributed by atoms with Crippen LogP contribution in [0.1, 0.15) is 54.4 Å². The van der Waals surface area contributed by atoms with E-state index in [9.17, 15) is 4.79 Å². The maximum absolute atomic E-state index is 11.5. The number of ketones is 1. The lowest BCUT2D eigenvalue weighted by Crippen LogP contribution is -2.39. The molecule has 0 amide bonds. The Kier molecular flexibility index (Phi) is 6.82. The van der Waals surface area contributed by atoms with Gasteiger partial charge in [-0.05, 0) is 12.3 Å². The Morgan fingerprint density at radius 1 is 1.07 bits per heavy atom. The van der Waals surface area contributed by atoms with Crippen LogP contribution in [0.2, 0.25) is 0 Å². The van der Waals surface area contributed by atoms with E-state index in [0.29, 0.717) is 30.2 Å². The molecule has 0 aliphatic rings. The Morgan fingerprint density at radius 3 is 1.93 bits per heavy atom. The average Bonchev–Trinajstić information content (AvgIpc) is 2.10. The van der Waals surface area contributed by atoms with Gasteiger partial charge in [0.2, 0.25) is 0 Å². The van der Waals surface area contributed by atoms with E-state index in [-0.39, 0.29) is 5.92 Å². The van der Waals surface area contributed by atoms with Crippen LogP contribution in [0.25, 0.3) is 0 Å². The maximum atomic E-state index is 11.5. The lowest BCUT2D eigenvalue weighted by molar-refractivity contribution is -0.122. The predicted octanol–water partition coefficient (Wildman–Crippen LogP) is 3.01. The largest absolute Gasteiger partial charge is 0.312 e. The van der Waals surface area contributed by atoms with Crippen molar-refractivity contribution in [2.45, 2.75) is 66.5 Å². The minimum Gasteiger partial charge on any atom is -0.312 e. The summed E-state index contributed by atoms with van der Waals surface area (Å²) in [5.41, 5.74) is 0. The van der Waals surface area contributed by atoms with Crippen molar-refractivity contribution in [3.05, 3.63) is 0 Å². The highest BCUT2D eigenvalue weighted by atomic mass is 16.1. The molecule has 0 radical (unpaired) electrons. The van der Waals surface area contributed by atoms with Crippen molar-refractivity contribution in [2.75, 3.05) is 0 Å². The zero-order valence-electron chi connectivity index (χ0n) is 11.1. The van der Waals surface area contributed by atoms with E-state index in [4.69, 9.17) is 0 Å². The van der Waals surface area contributed by atoms with Crippen LogP contribution in [0, 0.1) is 11.8 Å². The quantitative estimate of drug-likeness (QED) is 0.704. The van der Waals surface area contributed by atoms with Gasteiger partial charge in [-0.2, -0.15) is 0 Å². The van der Waals surface area contributed by atoms with Gasteiger partial charge in [-0.3, -0.25) is 4.79 Å². The number of hydrogen-bond acceptors (Lipinski definition) is 2. The number of carbonyl (C=O) groups is 1. The Labute approximate surface area is 94.8 Å². The van der Waals surface area contributed by atoms with E-state index in [2.05, 4.69) is 33.0 Å². The molecule has 0 bridgehead atoms. The molecule has 0 saturated heterocycles. The molecule has 2 nitrogen and oxygen atoms in total. The molecule has 0 aliphatic heterocycles. The van der Waals surface area contributed by atoms with Crippen LogP contribution in [0.4, 0.5) is 0 Å². The maximum Gasteiger partial charge on any atom is 0.135 e. The molecule has 0 aromatic carbocycles. The molecule has 1 N–H and O–H groups in total. The van der Waals surface area contributed by atoms with Crippen molar-refractivity contribution in [1.29, 1.82) is 0 Å². The molecule has 0 aliphatic carbocycles. The number of Topliss-reactive ketones (excluding diaryl/α,β-unsaturated/α-hetero) is 1. The lowest BCUT2D eigenvalue weighted by Gasteiger charge is -2.24. The van der Waals surface area contributed by atoms with Gasteiger partial charge in [-0.1, -0.05) is 41.5 Å². The van der Waals surface area contributed by atoms with Gasteiger partial charge >= 0.3 is 0 Å². The molecule has 0 aromatic heterocycles. The SMILES string of the molecule is CC(C)NC(CCC(=O)C(C)C)C(C)C. The van der Waals surface area contributed by atoms with Gasteiger partial charge in [0.25, 0.3) is 0 Å². The summed E-state index contributed by atoms with van der Waals surface area (Å²) < 4.78 is 0. The minimum atomic E-state index is 0.178. The average molecular weight is 213 g/mol. The summed E-state index contributed by atoms with van der Waals surface area (Å²) in [5.74, 6) is 1.15. The zero-order valence-corrected chi connectivity index (χ0v) is 11.1. The van der Waals surface area contributed by atoms with E-state index >= 15 is 0 Å². The van der Waals surface area contributed by atoms with Gasteiger partial charge in [0.15, 0.2) is 0 Å².